The highest BCUT2D eigenvalue weighted by Crippen LogP contribution is 2.34. The Hall–Kier alpha value is -3.98. The second kappa shape index (κ2) is 10.6. The van der Waals surface area contributed by atoms with Gasteiger partial charge in [0.05, 0.1) is 5.69 Å². The van der Waals surface area contributed by atoms with Crippen molar-refractivity contribution in [1.82, 2.24) is 24.9 Å². The molecule has 2 N–H and O–H groups in total. The molecule has 3 aliphatic heterocycles. The normalized spacial score (nSPS) is 21.8. The predicted molar refractivity (Wildman–Crippen MR) is 144 cm³/mol. The van der Waals surface area contributed by atoms with Crippen molar-refractivity contribution in [2.24, 2.45) is 0 Å². The van der Waals surface area contributed by atoms with Gasteiger partial charge in [0.15, 0.2) is 0 Å². The quantitative estimate of drug-likeness (QED) is 0.504. The number of carbonyl (C=O) groups is 3. The van der Waals surface area contributed by atoms with Crippen LogP contribution in [0.5, 0.6) is 5.75 Å². The van der Waals surface area contributed by atoms with E-state index in [1.807, 2.05) is 23.1 Å². The Labute approximate surface area is 227 Å². The standard InChI is InChI=1S/C17H21N3.C13H12N2O4/c1-2-5-16(4-1)19-12-15(13-19)14-6-8-17(9-7-14)20-11-3-10-18-20;16-8-1-2-9-7(5-8)6-15(13(9)19)10-3-4-11(17)14-12(10)18/h3,6-11,15-16H,1-2,4-5,12-13H2;1-2,5,10,16H,3-4,6H2,(H,14,17,18). The average molecular weight is 528 g/mol. The molecule has 3 aromatic rings. The average Bonchev–Trinajstić information content (AvgIpc) is 3.67. The molecule has 1 saturated carbocycles. The number of nitrogens with one attached hydrogen (secondary N) is 1. The fourth-order valence-corrected chi connectivity index (χ4v) is 6.17. The fraction of sp³-hybridized carbons (Fsp3) is 0.400. The molecule has 4 heterocycles. The molecule has 202 valence electrons. The number of carbonyl (C=O) groups excluding carboxylic acids is 3. The van der Waals surface area contributed by atoms with Crippen molar-refractivity contribution in [3.8, 4) is 11.4 Å². The van der Waals surface area contributed by atoms with Crippen molar-refractivity contribution in [3.63, 3.8) is 0 Å². The highest BCUT2D eigenvalue weighted by Gasteiger charge is 2.39. The number of rotatable bonds is 4. The van der Waals surface area contributed by atoms with Crippen LogP contribution in [0.15, 0.2) is 60.9 Å². The van der Waals surface area contributed by atoms with Crippen LogP contribution in [0.25, 0.3) is 5.69 Å². The first-order chi connectivity index (χ1) is 19.0. The van der Waals surface area contributed by atoms with Crippen LogP contribution in [-0.2, 0) is 16.1 Å². The minimum absolute atomic E-state index is 0.0941. The van der Waals surface area contributed by atoms with E-state index < -0.39 is 11.9 Å². The number of hydrogen-bond donors (Lipinski definition) is 2. The lowest BCUT2D eigenvalue weighted by atomic mass is 9.89. The minimum Gasteiger partial charge on any atom is -0.508 e. The second-order valence-corrected chi connectivity index (χ2v) is 10.9. The minimum atomic E-state index is -0.611. The molecular weight excluding hydrogens is 494 g/mol. The number of benzene rings is 2. The van der Waals surface area contributed by atoms with Gasteiger partial charge < -0.3 is 10.0 Å². The number of amides is 3. The van der Waals surface area contributed by atoms with E-state index in [0.29, 0.717) is 17.5 Å². The number of nitrogens with zero attached hydrogens (tertiary/aromatic N) is 4. The maximum atomic E-state index is 12.2. The maximum Gasteiger partial charge on any atom is 0.255 e. The first-order valence-corrected chi connectivity index (χ1v) is 13.8. The van der Waals surface area contributed by atoms with Gasteiger partial charge in [0.25, 0.3) is 5.91 Å². The van der Waals surface area contributed by atoms with Crippen LogP contribution in [0.1, 0.15) is 65.9 Å². The number of aromatic hydroxyl groups is 1. The van der Waals surface area contributed by atoms with Crippen molar-refractivity contribution in [3.05, 3.63) is 77.6 Å². The molecule has 0 radical (unpaired) electrons. The van der Waals surface area contributed by atoms with Crippen LogP contribution >= 0.6 is 0 Å². The molecule has 1 aliphatic carbocycles. The van der Waals surface area contributed by atoms with E-state index in [0.717, 1.165) is 17.6 Å². The zero-order valence-corrected chi connectivity index (χ0v) is 21.8. The van der Waals surface area contributed by atoms with Crippen molar-refractivity contribution >= 4 is 17.7 Å². The second-order valence-electron chi connectivity index (χ2n) is 10.9. The largest absolute Gasteiger partial charge is 0.508 e. The summed E-state index contributed by atoms with van der Waals surface area (Å²) in [7, 11) is 0. The van der Waals surface area contributed by atoms with Gasteiger partial charge in [-0.05, 0) is 66.8 Å². The van der Waals surface area contributed by atoms with Crippen molar-refractivity contribution in [2.75, 3.05) is 13.1 Å². The molecular formula is C30H33N5O4. The third-order valence-corrected chi connectivity index (χ3v) is 8.39. The summed E-state index contributed by atoms with van der Waals surface area (Å²) >= 11 is 0. The highest BCUT2D eigenvalue weighted by atomic mass is 16.3. The van der Waals surface area contributed by atoms with Gasteiger partial charge in [-0.3, -0.25) is 24.6 Å². The molecule has 1 atom stereocenters. The van der Waals surface area contributed by atoms with E-state index in [-0.39, 0.29) is 30.5 Å². The summed E-state index contributed by atoms with van der Waals surface area (Å²) in [6.07, 6.45) is 10.1. The van der Waals surface area contributed by atoms with Crippen LogP contribution in [0.2, 0.25) is 0 Å². The molecule has 2 saturated heterocycles. The van der Waals surface area contributed by atoms with Gasteiger partial charge in [-0.25, -0.2) is 4.68 Å². The van der Waals surface area contributed by atoms with Gasteiger partial charge in [-0.15, -0.1) is 0 Å². The summed E-state index contributed by atoms with van der Waals surface area (Å²) in [6.45, 7) is 2.80. The number of hydrogen-bond acceptors (Lipinski definition) is 6. The Bertz CT molecular complexity index is 1360. The summed E-state index contributed by atoms with van der Waals surface area (Å²) in [5, 5.41) is 15.9. The highest BCUT2D eigenvalue weighted by molar-refractivity contribution is 6.05. The van der Waals surface area contributed by atoms with Crippen molar-refractivity contribution < 1.29 is 19.5 Å². The fourth-order valence-electron chi connectivity index (χ4n) is 6.17. The molecule has 3 amide bonds. The van der Waals surface area contributed by atoms with E-state index in [1.165, 1.54) is 61.4 Å². The SMILES string of the molecule is O=C1CCC(N2Cc3cc(O)ccc3C2=O)C(=O)N1.c1cnn(-c2ccc(C3CN(C4CCCC4)C3)cc2)c1. The molecule has 4 aliphatic rings. The number of fused-ring (bicyclic) bond motifs is 1. The van der Waals surface area contributed by atoms with Crippen molar-refractivity contribution in [1.29, 1.82) is 0 Å². The van der Waals surface area contributed by atoms with E-state index in [9.17, 15) is 19.5 Å². The number of imide groups is 1. The van der Waals surface area contributed by atoms with Gasteiger partial charge in [0.2, 0.25) is 11.8 Å². The summed E-state index contributed by atoms with van der Waals surface area (Å²) in [6, 6.07) is 15.7. The molecule has 1 unspecified atom stereocenters. The van der Waals surface area contributed by atoms with Crippen molar-refractivity contribution in [2.45, 2.75) is 63.1 Å². The van der Waals surface area contributed by atoms with E-state index in [2.05, 4.69) is 39.6 Å². The molecule has 39 heavy (non-hydrogen) atoms. The third kappa shape index (κ3) is 5.18. The predicted octanol–water partition coefficient (Wildman–Crippen LogP) is 3.37. The molecule has 0 spiro atoms. The number of aromatic nitrogens is 2. The van der Waals surface area contributed by atoms with E-state index in [4.69, 9.17) is 0 Å². The Kier molecular flexibility index (Phi) is 6.91. The lowest BCUT2D eigenvalue weighted by Gasteiger charge is -2.43. The molecule has 9 heteroatoms. The van der Waals surface area contributed by atoms with Crippen LogP contribution in [0.3, 0.4) is 0 Å². The van der Waals surface area contributed by atoms with Gasteiger partial charge in [-0.1, -0.05) is 25.0 Å². The molecule has 0 bridgehead atoms. The molecule has 9 nitrogen and oxygen atoms in total. The Morgan fingerprint density at radius 1 is 0.949 bits per heavy atom. The maximum absolute atomic E-state index is 12.2. The van der Waals surface area contributed by atoms with E-state index >= 15 is 0 Å². The zero-order chi connectivity index (χ0) is 26.9. The Balaban J connectivity index is 0.000000142. The van der Waals surface area contributed by atoms with Crippen LogP contribution < -0.4 is 5.32 Å². The summed E-state index contributed by atoms with van der Waals surface area (Å²) in [5.41, 5.74) is 3.83. The van der Waals surface area contributed by atoms with Crippen LogP contribution in [0, 0.1) is 0 Å². The summed E-state index contributed by atoms with van der Waals surface area (Å²) < 4.78 is 1.91. The van der Waals surface area contributed by atoms with Gasteiger partial charge in [0, 0.05) is 56.0 Å². The number of likely N-dealkylation sites (tertiary alicyclic amines) is 1. The number of piperidine rings is 1. The first-order valence-electron chi connectivity index (χ1n) is 13.8. The van der Waals surface area contributed by atoms with E-state index in [1.54, 1.807) is 6.07 Å². The molecule has 3 fully saturated rings. The molecule has 2 aromatic carbocycles. The summed E-state index contributed by atoms with van der Waals surface area (Å²) in [4.78, 5) is 39.2. The lowest BCUT2D eigenvalue weighted by Crippen LogP contribution is -2.52. The lowest BCUT2D eigenvalue weighted by molar-refractivity contribution is -0.136. The molecule has 1 aromatic heterocycles. The summed E-state index contributed by atoms with van der Waals surface area (Å²) in [5.74, 6) is -0.131. The zero-order valence-electron chi connectivity index (χ0n) is 21.8. The third-order valence-electron chi connectivity index (χ3n) is 8.39. The van der Waals surface area contributed by atoms with Gasteiger partial charge in [0.1, 0.15) is 11.8 Å². The number of phenols is 1. The Morgan fingerprint density at radius 3 is 2.41 bits per heavy atom. The van der Waals surface area contributed by atoms with Gasteiger partial charge >= 0.3 is 0 Å². The first kappa shape index (κ1) is 25.3. The van der Waals surface area contributed by atoms with Crippen LogP contribution in [-0.4, -0.2) is 67.6 Å². The number of phenolic OH excluding ortho intramolecular Hbond substituents is 1. The monoisotopic (exact) mass is 527 g/mol. The topological polar surface area (TPSA) is 108 Å². The molecule has 7 rings (SSSR count). The van der Waals surface area contributed by atoms with Crippen LogP contribution in [0.4, 0.5) is 0 Å². The smallest absolute Gasteiger partial charge is 0.255 e. The van der Waals surface area contributed by atoms with Gasteiger partial charge in [-0.2, -0.15) is 5.10 Å². The Morgan fingerprint density at radius 2 is 1.72 bits per heavy atom.